The summed E-state index contributed by atoms with van der Waals surface area (Å²) in [6, 6.07) is 1.85. The third kappa shape index (κ3) is 3.48. The van der Waals surface area contributed by atoms with Gasteiger partial charge in [-0.3, -0.25) is 4.90 Å². The van der Waals surface area contributed by atoms with Gasteiger partial charge in [0.05, 0.1) is 0 Å². The smallest absolute Gasteiger partial charge is 0.0247 e. The minimum atomic E-state index is 0.346. The molecule has 1 aliphatic heterocycles. The molecule has 106 valence electrons. The Bertz CT molecular complexity index is 231. The third-order valence-electron chi connectivity index (χ3n) is 5.18. The number of nitrogens with two attached hydrogens (primary N) is 1. The van der Waals surface area contributed by atoms with Gasteiger partial charge in [0.15, 0.2) is 0 Å². The van der Waals surface area contributed by atoms with Gasteiger partial charge in [-0.15, -0.1) is 0 Å². The zero-order chi connectivity index (χ0) is 13.0. The predicted molar refractivity (Wildman–Crippen MR) is 78.6 cm³/mol. The molecule has 1 saturated heterocycles. The number of likely N-dealkylation sites (tertiary alicyclic amines) is 1. The first kappa shape index (κ1) is 14.3. The highest BCUT2D eigenvalue weighted by atomic mass is 15.2. The minimum Gasteiger partial charge on any atom is -0.327 e. The highest BCUT2D eigenvalue weighted by Crippen LogP contribution is 2.33. The lowest BCUT2D eigenvalue weighted by Gasteiger charge is -2.45. The molecule has 18 heavy (non-hydrogen) atoms. The summed E-state index contributed by atoms with van der Waals surface area (Å²) in [5, 5.41) is 0. The Morgan fingerprint density at radius 2 is 1.83 bits per heavy atom. The second-order valence-corrected chi connectivity index (χ2v) is 6.62. The number of nitrogens with zero attached hydrogens (tertiary/aromatic N) is 1. The molecule has 0 radical (unpaired) electrons. The number of piperidine rings is 1. The van der Waals surface area contributed by atoms with Gasteiger partial charge in [0.1, 0.15) is 0 Å². The van der Waals surface area contributed by atoms with Crippen LogP contribution in [0.4, 0.5) is 0 Å². The van der Waals surface area contributed by atoms with Crippen LogP contribution in [-0.2, 0) is 0 Å². The van der Waals surface area contributed by atoms with Crippen molar-refractivity contribution >= 4 is 0 Å². The van der Waals surface area contributed by atoms with E-state index < -0.39 is 0 Å². The van der Waals surface area contributed by atoms with Gasteiger partial charge in [-0.1, -0.05) is 26.2 Å². The summed E-state index contributed by atoms with van der Waals surface area (Å²) < 4.78 is 0. The van der Waals surface area contributed by atoms with Gasteiger partial charge in [-0.25, -0.2) is 0 Å². The molecule has 0 spiro atoms. The van der Waals surface area contributed by atoms with E-state index in [1.807, 2.05) is 0 Å². The summed E-state index contributed by atoms with van der Waals surface area (Å²) >= 11 is 0. The molecule has 0 amide bonds. The predicted octanol–water partition coefficient (Wildman–Crippen LogP) is 3.55. The summed E-state index contributed by atoms with van der Waals surface area (Å²) in [6.07, 6.45) is 12.7. The van der Waals surface area contributed by atoms with E-state index in [1.165, 1.54) is 64.3 Å². The van der Waals surface area contributed by atoms with E-state index in [0.717, 1.165) is 12.0 Å². The van der Waals surface area contributed by atoms with Gasteiger partial charge in [-0.05, 0) is 57.9 Å². The van der Waals surface area contributed by atoms with E-state index in [2.05, 4.69) is 18.7 Å². The standard InChI is InChI=1S/C16H32N2/c1-3-6-14-8-10-15(11-9-14)18-12-5-4-7-16(18)13(2)17/h13-16H,3-12,17H2,1-2H3. The molecule has 1 aliphatic carbocycles. The van der Waals surface area contributed by atoms with Gasteiger partial charge >= 0.3 is 0 Å². The molecule has 2 fully saturated rings. The largest absolute Gasteiger partial charge is 0.327 e. The zero-order valence-electron chi connectivity index (χ0n) is 12.4. The number of hydrogen-bond acceptors (Lipinski definition) is 2. The monoisotopic (exact) mass is 252 g/mol. The molecule has 2 atom stereocenters. The normalized spacial score (nSPS) is 36.5. The molecule has 0 aromatic rings. The number of hydrogen-bond donors (Lipinski definition) is 1. The van der Waals surface area contributed by atoms with Crippen molar-refractivity contribution in [3.05, 3.63) is 0 Å². The maximum Gasteiger partial charge on any atom is 0.0247 e. The Balaban J connectivity index is 1.87. The zero-order valence-corrected chi connectivity index (χ0v) is 12.4. The van der Waals surface area contributed by atoms with Crippen molar-refractivity contribution in [2.75, 3.05) is 6.54 Å². The fourth-order valence-electron chi connectivity index (χ4n) is 4.17. The van der Waals surface area contributed by atoms with Crippen LogP contribution >= 0.6 is 0 Å². The van der Waals surface area contributed by atoms with Crippen molar-refractivity contribution in [2.45, 2.75) is 89.8 Å². The average molecular weight is 252 g/mol. The minimum absolute atomic E-state index is 0.346. The molecular formula is C16H32N2. The van der Waals surface area contributed by atoms with E-state index in [0.29, 0.717) is 12.1 Å². The van der Waals surface area contributed by atoms with Crippen LogP contribution in [0.5, 0.6) is 0 Å². The van der Waals surface area contributed by atoms with Crippen molar-refractivity contribution in [2.24, 2.45) is 11.7 Å². The van der Waals surface area contributed by atoms with Crippen molar-refractivity contribution in [3.8, 4) is 0 Å². The van der Waals surface area contributed by atoms with E-state index in [4.69, 9.17) is 5.73 Å². The van der Waals surface area contributed by atoms with Gasteiger partial charge in [-0.2, -0.15) is 0 Å². The molecule has 2 unspecified atom stereocenters. The molecule has 0 aromatic carbocycles. The third-order valence-corrected chi connectivity index (χ3v) is 5.18. The molecule has 0 bridgehead atoms. The van der Waals surface area contributed by atoms with Crippen LogP contribution in [0.25, 0.3) is 0 Å². The Morgan fingerprint density at radius 1 is 1.11 bits per heavy atom. The van der Waals surface area contributed by atoms with Crippen LogP contribution in [-0.4, -0.2) is 29.6 Å². The van der Waals surface area contributed by atoms with Crippen molar-refractivity contribution in [1.82, 2.24) is 4.90 Å². The summed E-state index contributed by atoms with van der Waals surface area (Å²) in [4.78, 5) is 2.77. The Kier molecular flexibility index (Phi) is 5.50. The first-order chi connectivity index (χ1) is 8.72. The maximum atomic E-state index is 6.20. The highest BCUT2D eigenvalue weighted by Gasteiger charge is 2.33. The van der Waals surface area contributed by atoms with E-state index in [9.17, 15) is 0 Å². The Morgan fingerprint density at radius 3 is 2.44 bits per heavy atom. The fraction of sp³-hybridized carbons (Fsp3) is 1.00. The SMILES string of the molecule is CCCC1CCC(N2CCCCC2C(C)N)CC1. The second-order valence-electron chi connectivity index (χ2n) is 6.62. The summed E-state index contributed by atoms with van der Waals surface area (Å²) in [5.74, 6) is 1.02. The lowest BCUT2D eigenvalue weighted by atomic mass is 9.81. The second kappa shape index (κ2) is 6.91. The summed E-state index contributed by atoms with van der Waals surface area (Å²) in [5.41, 5.74) is 6.20. The van der Waals surface area contributed by atoms with E-state index in [-0.39, 0.29) is 0 Å². The first-order valence-corrected chi connectivity index (χ1v) is 8.23. The topological polar surface area (TPSA) is 29.3 Å². The van der Waals surface area contributed by atoms with Gasteiger partial charge in [0.25, 0.3) is 0 Å². The summed E-state index contributed by atoms with van der Waals surface area (Å²) in [6.45, 7) is 5.82. The van der Waals surface area contributed by atoms with Gasteiger partial charge < -0.3 is 5.73 Å². The molecule has 2 rings (SSSR count). The molecular weight excluding hydrogens is 220 g/mol. The van der Waals surface area contributed by atoms with E-state index >= 15 is 0 Å². The maximum absolute atomic E-state index is 6.20. The first-order valence-electron chi connectivity index (χ1n) is 8.23. The van der Waals surface area contributed by atoms with Crippen LogP contribution in [0.3, 0.4) is 0 Å². The lowest BCUT2D eigenvalue weighted by Crippen LogP contribution is -2.54. The van der Waals surface area contributed by atoms with Crippen molar-refractivity contribution < 1.29 is 0 Å². The van der Waals surface area contributed by atoms with Gasteiger partial charge in [0, 0.05) is 18.1 Å². The molecule has 2 N–H and O–H groups in total. The number of rotatable bonds is 4. The van der Waals surface area contributed by atoms with Crippen LogP contribution < -0.4 is 5.73 Å². The Labute approximate surface area is 113 Å². The van der Waals surface area contributed by atoms with Crippen LogP contribution in [0, 0.1) is 5.92 Å². The van der Waals surface area contributed by atoms with Crippen LogP contribution in [0.1, 0.15) is 71.6 Å². The average Bonchev–Trinajstić information content (AvgIpc) is 2.40. The Hall–Kier alpha value is -0.0800. The molecule has 1 heterocycles. The quantitative estimate of drug-likeness (QED) is 0.829. The summed E-state index contributed by atoms with van der Waals surface area (Å²) in [7, 11) is 0. The van der Waals surface area contributed by atoms with Crippen molar-refractivity contribution in [3.63, 3.8) is 0 Å². The lowest BCUT2D eigenvalue weighted by molar-refractivity contribution is 0.0517. The van der Waals surface area contributed by atoms with E-state index in [1.54, 1.807) is 0 Å². The molecule has 2 nitrogen and oxygen atoms in total. The molecule has 2 heteroatoms. The molecule has 2 aliphatic rings. The molecule has 0 aromatic heterocycles. The van der Waals surface area contributed by atoms with Gasteiger partial charge in [0.2, 0.25) is 0 Å². The highest BCUT2D eigenvalue weighted by molar-refractivity contribution is 4.89. The molecule has 1 saturated carbocycles. The van der Waals surface area contributed by atoms with Crippen LogP contribution in [0.2, 0.25) is 0 Å². The van der Waals surface area contributed by atoms with Crippen LogP contribution in [0.15, 0.2) is 0 Å². The fourth-order valence-corrected chi connectivity index (χ4v) is 4.17. The van der Waals surface area contributed by atoms with Crippen molar-refractivity contribution in [1.29, 1.82) is 0 Å².